The minimum absolute atomic E-state index is 0.0746. The first-order valence-electron chi connectivity index (χ1n) is 3.37. The molecule has 0 aliphatic rings. The molecule has 9 heavy (non-hydrogen) atoms. The Morgan fingerprint density at radius 3 is 2.11 bits per heavy atom. The van der Waals surface area contributed by atoms with E-state index in [9.17, 15) is 0 Å². The smallest absolute Gasteiger partial charge is 0.0608 e. The lowest BCUT2D eigenvalue weighted by Gasteiger charge is -2.23. The summed E-state index contributed by atoms with van der Waals surface area (Å²) in [4.78, 5) is 0. The third-order valence-corrected chi connectivity index (χ3v) is 1.24. The van der Waals surface area contributed by atoms with Crippen molar-refractivity contribution >= 4 is 0 Å². The molecule has 3 N–H and O–H groups in total. The first kappa shape index (κ1) is 8.92. The van der Waals surface area contributed by atoms with Gasteiger partial charge in [-0.15, -0.1) is 0 Å². The second kappa shape index (κ2) is 3.18. The molecule has 1 atom stereocenters. The predicted octanol–water partition coefficient (Wildman–Crippen LogP) is 0.742. The molecular formula is C7H17NO. The molecule has 1 unspecified atom stereocenters. The second-order valence-electron chi connectivity index (χ2n) is 3.41. The highest BCUT2D eigenvalue weighted by atomic mass is 16.3. The molecule has 0 spiro atoms. The molecule has 0 heterocycles. The monoisotopic (exact) mass is 131 g/mol. The molecule has 56 valence electrons. The van der Waals surface area contributed by atoms with Crippen molar-refractivity contribution in [1.29, 1.82) is 0 Å². The van der Waals surface area contributed by atoms with E-state index in [4.69, 9.17) is 10.8 Å². The molecule has 0 bridgehead atoms. The summed E-state index contributed by atoms with van der Waals surface area (Å²) in [5.74, 6) is 0.562. The Balaban J connectivity index is 3.58. The van der Waals surface area contributed by atoms with Crippen LogP contribution in [0, 0.1) is 5.92 Å². The molecule has 0 radical (unpaired) electrons. The summed E-state index contributed by atoms with van der Waals surface area (Å²) in [7, 11) is 0. The highest BCUT2D eigenvalue weighted by Crippen LogP contribution is 2.11. The zero-order valence-electron chi connectivity index (χ0n) is 6.52. The molecule has 0 fully saturated rings. The van der Waals surface area contributed by atoms with Crippen molar-refractivity contribution in [3.63, 3.8) is 0 Å². The van der Waals surface area contributed by atoms with Gasteiger partial charge in [0.1, 0.15) is 0 Å². The van der Waals surface area contributed by atoms with Crippen LogP contribution in [-0.2, 0) is 0 Å². The first-order chi connectivity index (χ1) is 3.98. The normalized spacial score (nSPS) is 18.0. The van der Waals surface area contributed by atoms with Crippen LogP contribution < -0.4 is 5.73 Å². The molecule has 0 aromatic heterocycles. The standard InChI is InChI=1S/C7H17NO/c1-6(2)4-7(3,8)5-9/h6,9H,4-5,8H2,1-3H3. The lowest BCUT2D eigenvalue weighted by molar-refractivity contribution is 0.187. The molecule has 0 rings (SSSR count). The fourth-order valence-electron chi connectivity index (χ4n) is 0.997. The predicted molar refractivity (Wildman–Crippen MR) is 39.1 cm³/mol. The summed E-state index contributed by atoms with van der Waals surface area (Å²) in [5, 5.41) is 8.72. The van der Waals surface area contributed by atoms with E-state index in [0.717, 1.165) is 6.42 Å². The largest absolute Gasteiger partial charge is 0.394 e. The molecule has 0 saturated heterocycles. The van der Waals surface area contributed by atoms with Crippen molar-refractivity contribution in [1.82, 2.24) is 0 Å². The van der Waals surface area contributed by atoms with Crippen molar-refractivity contribution in [2.75, 3.05) is 6.61 Å². The third kappa shape index (κ3) is 4.43. The van der Waals surface area contributed by atoms with Crippen molar-refractivity contribution in [2.24, 2.45) is 11.7 Å². The van der Waals surface area contributed by atoms with Crippen LogP contribution in [-0.4, -0.2) is 17.3 Å². The van der Waals surface area contributed by atoms with E-state index >= 15 is 0 Å². The van der Waals surface area contributed by atoms with Crippen LogP contribution in [0.1, 0.15) is 27.2 Å². The number of rotatable bonds is 3. The molecule has 0 saturated carbocycles. The Bertz CT molecular complexity index is 79.0. The van der Waals surface area contributed by atoms with Crippen molar-refractivity contribution in [3.05, 3.63) is 0 Å². The maximum absolute atomic E-state index is 8.72. The molecular weight excluding hydrogens is 114 g/mol. The van der Waals surface area contributed by atoms with Gasteiger partial charge < -0.3 is 10.8 Å². The summed E-state index contributed by atoms with van der Waals surface area (Å²) in [6.07, 6.45) is 0.878. The average Bonchev–Trinajstić information content (AvgIpc) is 1.63. The quantitative estimate of drug-likeness (QED) is 0.593. The van der Waals surface area contributed by atoms with Crippen LogP contribution in [0.5, 0.6) is 0 Å². The van der Waals surface area contributed by atoms with Crippen molar-refractivity contribution < 1.29 is 5.11 Å². The summed E-state index contributed by atoms with van der Waals surface area (Å²) in [6.45, 7) is 6.14. The van der Waals surface area contributed by atoms with Crippen LogP contribution in [0.25, 0.3) is 0 Å². The van der Waals surface area contributed by atoms with E-state index in [2.05, 4.69) is 13.8 Å². The van der Waals surface area contributed by atoms with Gasteiger partial charge in [0.25, 0.3) is 0 Å². The van der Waals surface area contributed by atoms with Gasteiger partial charge in [-0.3, -0.25) is 0 Å². The summed E-state index contributed by atoms with van der Waals surface area (Å²) >= 11 is 0. The Morgan fingerprint density at radius 2 is 2.00 bits per heavy atom. The van der Waals surface area contributed by atoms with Gasteiger partial charge in [-0.25, -0.2) is 0 Å². The average molecular weight is 131 g/mol. The number of aliphatic hydroxyl groups excluding tert-OH is 1. The highest BCUT2D eigenvalue weighted by molar-refractivity contribution is 4.77. The van der Waals surface area contributed by atoms with E-state index < -0.39 is 0 Å². The minimum atomic E-state index is -0.381. The zero-order valence-corrected chi connectivity index (χ0v) is 6.52. The Hall–Kier alpha value is -0.0800. The molecule has 2 nitrogen and oxygen atoms in total. The van der Waals surface area contributed by atoms with E-state index in [1.807, 2.05) is 6.92 Å². The van der Waals surface area contributed by atoms with Crippen LogP contribution in [0.3, 0.4) is 0 Å². The Morgan fingerprint density at radius 1 is 1.56 bits per heavy atom. The van der Waals surface area contributed by atoms with E-state index in [1.165, 1.54) is 0 Å². The molecule has 2 heteroatoms. The summed E-state index contributed by atoms with van der Waals surface area (Å²) < 4.78 is 0. The van der Waals surface area contributed by atoms with Gasteiger partial charge in [-0.05, 0) is 19.3 Å². The summed E-state index contributed by atoms with van der Waals surface area (Å²) in [5.41, 5.74) is 5.29. The second-order valence-corrected chi connectivity index (χ2v) is 3.41. The van der Waals surface area contributed by atoms with Gasteiger partial charge in [0.2, 0.25) is 0 Å². The van der Waals surface area contributed by atoms with Gasteiger partial charge in [-0.2, -0.15) is 0 Å². The van der Waals surface area contributed by atoms with Crippen molar-refractivity contribution in [3.8, 4) is 0 Å². The maximum Gasteiger partial charge on any atom is 0.0608 e. The van der Waals surface area contributed by atoms with E-state index in [-0.39, 0.29) is 12.1 Å². The van der Waals surface area contributed by atoms with E-state index in [1.54, 1.807) is 0 Å². The fraction of sp³-hybridized carbons (Fsp3) is 1.00. The Kier molecular flexibility index (Phi) is 3.15. The zero-order chi connectivity index (χ0) is 7.49. The van der Waals surface area contributed by atoms with Crippen LogP contribution in [0.15, 0.2) is 0 Å². The van der Waals surface area contributed by atoms with Gasteiger partial charge in [0, 0.05) is 5.54 Å². The summed E-state index contributed by atoms with van der Waals surface area (Å²) in [6, 6.07) is 0. The first-order valence-corrected chi connectivity index (χ1v) is 3.37. The topological polar surface area (TPSA) is 46.2 Å². The van der Waals surface area contributed by atoms with E-state index in [0.29, 0.717) is 5.92 Å². The molecule has 0 aliphatic carbocycles. The van der Waals surface area contributed by atoms with Gasteiger partial charge in [0.15, 0.2) is 0 Å². The molecule has 0 aromatic rings. The minimum Gasteiger partial charge on any atom is -0.394 e. The lowest BCUT2D eigenvalue weighted by Crippen LogP contribution is -2.41. The fourth-order valence-corrected chi connectivity index (χ4v) is 0.997. The van der Waals surface area contributed by atoms with Crippen LogP contribution in [0.4, 0.5) is 0 Å². The SMILES string of the molecule is CC(C)CC(C)(N)CO. The number of hydrogen-bond donors (Lipinski definition) is 2. The number of nitrogens with two attached hydrogens (primary N) is 1. The van der Waals surface area contributed by atoms with Gasteiger partial charge >= 0.3 is 0 Å². The lowest BCUT2D eigenvalue weighted by atomic mass is 9.93. The number of hydrogen-bond acceptors (Lipinski definition) is 2. The molecule has 0 aromatic carbocycles. The van der Waals surface area contributed by atoms with Gasteiger partial charge in [-0.1, -0.05) is 13.8 Å². The number of aliphatic hydroxyl groups is 1. The highest BCUT2D eigenvalue weighted by Gasteiger charge is 2.17. The molecule has 0 aliphatic heterocycles. The van der Waals surface area contributed by atoms with Crippen LogP contribution >= 0.6 is 0 Å². The maximum atomic E-state index is 8.72. The van der Waals surface area contributed by atoms with Gasteiger partial charge in [0.05, 0.1) is 6.61 Å². The van der Waals surface area contributed by atoms with Crippen molar-refractivity contribution in [2.45, 2.75) is 32.7 Å². The third-order valence-electron chi connectivity index (χ3n) is 1.24. The molecule has 0 amide bonds. The Labute approximate surface area is 57.1 Å². The van der Waals surface area contributed by atoms with Crippen LogP contribution in [0.2, 0.25) is 0 Å².